The molecule has 0 saturated carbocycles. The molecule has 1 unspecified atom stereocenters. The van der Waals surface area contributed by atoms with Gasteiger partial charge in [-0.05, 0) is 43.4 Å². The van der Waals surface area contributed by atoms with Crippen LogP contribution in [0, 0.1) is 5.82 Å². The molecule has 1 aliphatic heterocycles. The van der Waals surface area contributed by atoms with Crippen molar-refractivity contribution in [3.63, 3.8) is 0 Å². The molecule has 1 fully saturated rings. The number of hydrogen-bond donors (Lipinski definition) is 0. The summed E-state index contributed by atoms with van der Waals surface area (Å²) in [5.41, 5.74) is 0.796. The summed E-state index contributed by atoms with van der Waals surface area (Å²) >= 11 is 1.17. The fraction of sp³-hybridized carbons (Fsp3) is 0.500. The number of anilines is 1. The lowest BCUT2D eigenvalue weighted by atomic mass is 10.0. The van der Waals surface area contributed by atoms with Crippen LogP contribution in [0.1, 0.15) is 38.2 Å². The molecule has 2 aromatic rings. The zero-order valence-electron chi connectivity index (χ0n) is 12.7. The first-order valence-electron chi connectivity index (χ1n) is 7.74. The van der Waals surface area contributed by atoms with Crippen molar-refractivity contribution in [1.29, 1.82) is 0 Å². The van der Waals surface area contributed by atoms with Crippen molar-refractivity contribution in [2.75, 3.05) is 11.4 Å². The average Bonchev–Trinajstić information content (AvgIpc) is 3.01. The summed E-state index contributed by atoms with van der Waals surface area (Å²) < 4.78 is 27.7. The first-order chi connectivity index (χ1) is 10.8. The van der Waals surface area contributed by atoms with Crippen LogP contribution in [-0.2, 0) is 6.61 Å². The Morgan fingerprint density at radius 2 is 2.27 bits per heavy atom. The lowest BCUT2D eigenvalue weighted by molar-refractivity contribution is 0.294. The van der Waals surface area contributed by atoms with Gasteiger partial charge in [-0.2, -0.15) is 4.37 Å². The number of aromatic nitrogens is 2. The molecule has 2 heterocycles. The van der Waals surface area contributed by atoms with E-state index in [9.17, 15) is 4.39 Å². The third-order valence-electron chi connectivity index (χ3n) is 4.08. The van der Waals surface area contributed by atoms with Crippen LogP contribution in [0.2, 0.25) is 0 Å². The van der Waals surface area contributed by atoms with Crippen LogP contribution < -0.4 is 9.64 Å². The number of ether oxygens (including phenoxy) is 1. The maximum absolute atomic E-state index is 13.2. The molecule has 4 nitrogen and oxygen atoms in total. The zero-order valence-corrected chi connectivity index (χ0v) is 13.5. The van der Waals surface area contributed by atoms with E-state index in [1.54, 1.807) is 6.07 Å². The first kappa shape index (κ1) is 15.2. The molecule has 1 aliphatic rings. The summed E-state index contributed by atoms with van der Waals surface area (Å²) in [7, 11) is 0. The highest BCUT2D eigenvalue weighted by molar-refractivity contribution is 6.99. The Balaban J connectivity index is 1.71. The van der Waals surface area contributed by atoms with E-state index in [-0.39, 0.29) is 5.82 Å². The molecule has 1 aromatic carbocycles. The molecule has 0 amide bonds. The topological polar surface area (TPSA) is 38.2 Å². The highest BCUT2D eigenvalue weighted by Gasteiger charge is 2.26. The normalized spacial score (nSPS) is 18.5. The molecule has 22 heavy (non-hydrogen) atoms. The minimum absolute atomic E-state index is 0.250. The molecule has 0 aliphatic carbocycles. The lowest BCUT2D eigenvalue weighted by Gasteiger charge is -2.35. The molecule has 1 saturated heterocycles. The Bertz CT molecular complexity index is 619. The molecule has 3 rings (SSSR count). The number of halogens is 1. The highest BCUT2D eigenvalue weighted by atomic mass is 32.1. The van der Waals surface area contributed by atoms with Gasteiger partial charge in [0.25, 0.3) is 5.88 Å². The Kier molecular flexibility index (Phi) is 4.87. The van der Waals surface area contributed by atoms with E-state index in [0.717, 1.165) is 24.3 Å². The van der Waals surface area contributed by atoms with Gasteiger partial charge in [-0.25, -0.2) is 4.39 Å². The van der Waals surface area contributed by atoms with Crippen molar-refractivity contribution in [1.82, 2.24) is 8.75 Å². The van der Waals surface area contributed by atoms with Gasteiger partial charge in [0, 0.05) is 12.6 Å². The molecule has 0 N–H and O–H groups in total. The second-order valence-corrected chi connectivity index (χ2v) is 6.09. The molecule has 1 atom stereocenters. The minimum atomic E-state index is -0.250. The van der Waals surface area contributed by atoms with Gasteiger partial charge >= 0.3 is 0 Å². The smallest absolute Gasteiger partial charge is 0.271 e. The van der Waals surface area contributed by atoms with E-state index in [1.807, 2.05) is 6.07 Å². The summed E-state index contributed by atoms with van der Waals surface area (Å²) in [6, 6.07) is 6.95. The molecule has 0 bridgehead atoms. The predicted molar refractivity (Wildman–Crippen MR) is 85.9 cm³/mol. The molecular weight excluding hydrogens is 301 g/mol. The van der Waals surface area contributed by atoms with Gasteiger partial charge in [0.2, 0.25) is 5.82 Å². The van der Waals surface area contributed by atoms with Gasteiger partial charge in [0.1, 0.15) is 12.4 Å². The zero-order chi connectivity index (χ0) is 15.4. The largest absolute Gasteiger partial charge is 0.470 e. The van der Waals surface area contributed by atoms with Gasteiger partial charge < -0.3 is 9.64 Å². The average molecular weight is 321 g/mol. The van der Waals surface area contributed by atoms with E-state index < -0.39 is 0 Å². The van der Waals surface area contributed by atoms with Crippen molar-refractivity contribution in [3.8, 4) is 5.88 Å². The predicted octanol–water partition coefficient (Wildman–Crippen LogP) is 4.03. The van der Waals surface area contributed by atoms with E-state index in [2.05, 4.69) is 20.6 Å². The van der Waals surface area contributed by atoms with Crippen molar-refractivity contribution in [3.05, 3.63) is 35.6 Å². The molecule has 6 heteroatoms. The Morgan fingerprint density at radius 1 is 1.36 bits per heavy atom. The third kappa shape index (κ3) is 3.38. The first-order valence-corrected chi connectivity index (χ1v) is 8.47. The number of rotatable bonds is 5. The summed E-state index contributed by atoms with van der Waals surface area (Å²) in [6.45, 7) is 3.51. The fourth-order valence-corrected chi connectivity index (χ4v) is 3.43. The van der Waals surface area contributed by atoms with Crippen molar-refractivity contribution in [2.45, 2.75) is 45.3 Å². The van der Waals surface area contributed by atoms with Crippen molar-refractivity contribution >= 4 is 17.5 Å². The Labute approximate surface area is 134 Å². The van der Waals surface area contributed by atoms with Crippen molar-refractivity contribution in [2.24, 2.45) is 0 Å². The van der Waals surface area contributed by atoms with Crippen LogP contribution >= 0.6 is 11.7 Å². The molecule has 0 spiro atoms. The summed E-state index contributed by atoms with van der Waals surface area (Å²) in [5.74, 6) is 1.15. The van der Waals surface area contributed by atoms with Gasteiger partial charge in [0.05, 0.1) is 11.7 Å². The van der Waals surface area contributed by atoms with Gasteiger partial charge in [-0.1, -0.05) is 19.1 Å². The van der Waals surface area contributed by atoms with Crippen LogP contribution in [0.4, 0.5) is 10.2 Å². The highest BCUT2D eigenvalue weighted by Crippen LogP contribution is 2.32. The number of benzene rings is 1. The lowest BCUT2D eigenvalue weighted by Crippen LogP contribution is -2.39. The second kappa shape index (κ2) is 7.05. The summed E-state index contributed by atoms with van der Waals surface area (Å²) in [6.07, 6.45) is 4.74. The Morgan fingerprint density at radius 3 is 3.09 bits per heavy atom. The Hall–Kier alpha value is -1.69. The standard InChI is InChI=1S/C16H20FN3OS/c1-2-14-8-3-4-9-20(14)15-16(19-22-18-15)21-11-12-6-5-7-13(17)10-12/h5-7,10,14H,2-4,8-9,11H2,1H3. The number of hydrogen-bond acceptors (Lipinski definition) is 5. The molecule has 0 radical (unpaired) electrons. The molecular formula is C16H20FN3OS. The van der Waals surface area contributed by atoms with E-state index in [1.165, 1.54) is 43.1 Å². The molecule has 118 valence electrons. The summed E-state index contributed by atoms with van der Waals surface area (Å²) in [5, 5.41) is 0. The van der Waals surface area contributed by atoms with Crippen LogP contribution in [0.15, 0.2) is 24.3 Å². The van der Waals surface area contributed by atoms with Crippen LogP contribution in [0.25, 0.3) is 0 Å². The monoisotopic (exact) mass is 321 g/mol. The summed E-state index contributed by atoms with van der Waals surface area (Å²) in [4.78, 5) is 2.31. The number of piperidine rings is 1. The third-order valence-corrected chi connectivity index (χ3v) is 4.58. The van der Waals surface area contributed by atoms with Crippen LogP contribution in [0.5, 0.6) is 5.88 Å². The van der Waals surface area contributed by atoms with Crippen LogP contribution in [-0.4, -0.2) is 21.3 Å². The van der Waals surface area contributed by atoms with Gasteiger partial charge in [0.15, 0.2) is 0 Å². The molecule has 1 aromatic heterocycles. The number of nitrogens with zero attached hydrogens (tertiary/aromatic N) is 3. The van der Waals surface area contributed by atoms with Crippen LogP contribution in [0.3, 0.4) is 0 Å². The maximum Gasteiger partial charge on any atom is 0.271 e. The van der Waals surface area contributed by atoms with Gasteiger partial charge in [-0.15, -0.1) is 4.37 Å². The minimum Gasteiger partial charge on any atom is -0.470 e. The quantitative estimate of drug-likeness (QED) is 0.833. The fourth-order valence-electron chi connectivity index (χ4n) is 2.92. The second-order valence-electron chi connectivity index (χ2n) is 5.56. The maximum atomic E-state index is 13.2. The van der Waals surface area contributed by atoms with E-state index >= 15 is 0 Å². The SMILES string of the molecule is CCC1CCCCN1c1nsnc1OCc1cccc(F)c1. The van der Waals surface area contributed by atoms with E-state index in [0.29, 0.717) is 18.5 Å². The van der Waals surface area contributed by atoms with Gasteiger partial charge in [-0.3, -0.25) is 0 Å². The van der Waals surface area contributed by atoms with E-state index in [4.69, 9.17) is 4.74 Å². The van der Waals surface area contributed by atoms with Crippen molar-refractivity contribution < 1.29 is 9.13 Å².